The minimum atomic E-state index is -1.03. The van der Waals surface area contributed by atoms with Crippen molar-refractivity contribution in [3.63, 3.8) is 0 Å². The van der Waals surface area contributed by atoms with E-state index in [0.717, 1.165) is 4.90 Å². The van der Waals surface area contributed by atoms with Gasteiger partial charge < -0.3 is 9.47 Å². The van der Waals surface area contributed by atoms with Gasteiger partial charge in [-0.3, -0.25) is 19.3 Å². The van der Waals surface area contributed by atoms with Crippen LogP contribution in [0, 0.1) is 0 Å². The second-order valence-corrected chi connectivity index (χ2v) is 6.79. The standard InChI is InChI=1S/C24H19NO5/c1-29-18-13-11-16(12-14-18)20(26)15-25-23(27)19-9-5-6-10-21(19)30-22(24(25)28)17-7-3-2-4-8-17/h2-14,22H,15H2,1H3. The predicted molar refractivity (Wildman–Crippen MR) is 110 cm³/mol. The molecular weight excluding hydrogens is 382 g/mol. The molecule has 0 saturated heterocycles. The number of benzene rings is 3. The van der Waals surface area contributed by atoms with Gasteiger partial charge in [0.15, 0.2) is 5.78 Å². The van der Waals surface area contributed by atoms with Crippen LogP contribution in [0.1, 0.15) is 32.4 Å². The van der Waals surface area contributed by atoms with Gasteiger partial charge in [-0.2, -0.15) is 0 Å². The molecule has 30 heavy (non-hydrogen) atoms. The monoisotopic (exact) mass is 401 g/mol. The number of hydrogen-bond donors (Lipinski definition) is 0. The highest BCUT2D eigenvalue weighted by Crippen LogP contribution is 2.32. The van der Waals surface area contributed by atoms with Crippen LogP contribution in [0.15, 0.2) is 78.9 Å². The Morgan fingerprint density at radius 1 is 0.933 bits per heavy atom. The van der Waals surface area contributed by atoms with E-state index >= 15 is 0 Å². The van der Waals surface area contributed by atoms with E-state index in [2.05, 4.69) is 0 Å². The van der Waals surface area contributed by atoms with Gasteiger partial charge in [-0.15, -0.1) is 0 Å². The van der Waals surface area contributed by atoms with Gasteiger partial charge >= 0.3 is 0 Å². The summed E-state index contributed by atoms with van der Waals surface area (Å²) >= 11 is 0. The first kappa shape index (κ1) is 19.4. The van der Waals surface area contributed by atoms with Gasteiger partial charge in [-0.25, -0.2) is 0 Å². The van der Waals surface area contributed by atoms with Crippen LogP contribution in [0.4, 0.5) is 0 Å². The van der Waals surface area contributed by atoms with Gasteiger partial charge in [0.25, 0.3) is 11.8 Å². The number of imide groups is 1. The van der Waals surface area contributed by atoms with Crippen molar-refractivity contribution in [1.29, 1.82) is 0 Å². The quantitative estimate of drug-likeness (QED) is 0.482. The van der Waals surface area contributed by atoms with Crippen molar-refractivity contribution in [2.75, 3.05) is 13.7 Å². The maximum absolute atomic E-state index is 13.3. The lowest BCUT2D eigenvalue weighted by Gasteiger charge is -2.22. The first-order chi connectivity index (χ1) is 14.6. The molecule has 150 valence electrons. The van der Waals surface area contributed by atoms with Gasteiger partial charge in [0.05, 0.1) is 19.2 Å². The summed E-state index contributed by atoms with van der Waals surface area (Å²) in [6.07, 6.45) is -1.03. The molecule has 6 nitrogen and oxygen atoms in total. The van der Waals surface area contributed by atoms with E-state index < -0.39 is 17.9 Å². The second-order valence-electron chi connectivity index (χ2n) is 6.79. The number of ether oxygens (including phenoxy) is 2. The molecule has 1 unspecified atom stereocenters. The summed E-state index contributed by atoms with van der Waals surface area (Å²) in [5, 5.41) is 0. The number of Topliss-reactive ketones (excluding diaryl/α,β-unsaturated/α-hetero) is 1. The zero-order valence-electron chi connectivity index (χ0n) is 16.3. The lowest BCUT2D eigenvalue weighted by Crippen LogP contribution is -2.42. The van der Waals surface area contributed by atoms with Crippen LogP contribution < -0.4 is 9.47 Å². The van der Waals surface area contributed by atoms with Crippen LogP contribution in [0.5, 0.6) is 11.5 Å². The normalized spacial score (nSPS) is 15.8. The molecule has 4 rings (SSSR count). The number of ketones is 1. The van der Waals surface area contributed by atoms with Crippen molar-refractivity contribution in [1.82, 2.24) is 4.90 Å². The molecule has 3 aromatic rings. The van der Waals surface area contributed by atoms with E-state index in [1.165, 1.54) is 7.11 Å². The van der Waals surface area contributed by atoms with E-state index in [9.17, 15) is 14.4 Å². The van der Waals surface area contributed by atoms with E-state index in [0.29, 0.717) is 22.6 Å². The third-order valence-electron chi connectivity index (χ3n) is 4.91. The van der Waals surface area contributed by atoms with Gasteiger partial charge in [0.1, 0.15) is 11.5 Å². The highest BCUT2D eigenvalue weighted by molar-refractivity contribution is 6.12. The molecule has 1 atom stereocenters. The minimum absolute atomic E-state index is 0.242. The fourth-order valence-corrected chi connectivity index (χ4v) is 3.31. The Bertz CT molecular complexity index is 1090. The molecule has 0 bridgehead atoms. The van der Waals surface area contributed by atoms with Crippen LogP contribution in [-0.4, -0.2) is 36.2 Å². The average Bonchev–Trinajstić information content (AvgIpc) is 2.90. The number of para-hydroxylation sites is 1. The molecule has 3 aromatic carbocycles. The molecule has 1 heterocycles. The Labute approximate surface area is 173 Å². The van der Waals surface area contributed by atoms with E-state index in [1.54, 1.807) is 72.8 Å². The van der Waals surface area contributed by atoms with Crippen LogP contribution in [-0.2, 0) is 4.79 Å². The zero-order chi connectivity index (χ0) is 21.1. The van der Waals surface area contributed by atoms with Crippen molar-refractivity contribution in [2.24, 2.45) is 0 Å². The molecule has 0 aromatic heterocycles. The molecule has 0 fully saturated rings. The van der Waals surface area contributed by atoms with Crippen LogP contribution in [0.3, 0.4) is 0 Å². The van der Waals surface area contributed by atoms with E-state index in [-0.39, 0.29) is 17.9 Å². The van der Waals surface area contributed by atoms with Crippen molar-refractivity contribution >= 4 is 17.6 Å². The number of carbonyl (C=O) groups excluding carboxylic acids is 3. The summed E-state index contributed by atoms with van der Waals surface area (Å²) in [7, 11) is 1.53. The lowest BCUT2D eigenvalue weighted by atomic mass is 10.1. The van der Waals surface area contributed by atoms with Gasteiger partial charge in [-0.1, -0.05) is 42.5 Å². The summed E-state index contributed by atoms with van der Waals surface area (Å²) in [5.74, 6) is -0.574. The third-order valence-corrected chi connectivity index (χ3v) is 4.91. The largest absolute Gasteiger partial charge is 0.497 e. The highest BCUT2D eigenvalue weighted by Gasteiger charge is 2.38. The first-order valence-corrected chi connectivity index (χ1v) is 9.42. The Balaban J connectivity index is 1.70. The molecular formula is C24H19NO5. The lowest BCUT2D eigenvalue weighted by molar-refractivity contribution is -0.135. The molecule has 2 amide bonds. The Kier molecular flexibility index (Phi) is 5.30. The zero-order valence-corrected chi connectivity index (χ0v) is 16.3. The number of nitrogens with zero attached hydrogens (tertiary/aromatic N) is 1. The fourth-order valence-electron chi connectivity index (χ4n) is 3.31. The number of amides is 2. The molecule has 1 aliphatic heterocycles. The Morgan fingerprint density at radius 3 is 2.30 bits per heavy atom. The topological polar surface area (TPSA) is 72.9 Å². The summed E-state index contributed by atoms with van der Waals surface area (Å²) < 4.78 is 11.0. The van der Waals surface area contributed by atoms with Gasteiger partial charge in [0, 0.05) is 11.1 Å². The SMILES string of the molecule is COc1ccc(C(=O)CN2C(=O)c3ccccc3OC(c3ccccc3)C2=O)cc1. The smallest absolute Gasteiger partial charge is 0.275 e. The second kappa shape index (κ2) is 8.21. The first-order valence-electron chi connectivity index (χ1n) is 9.42. The third kappa shape index (κ3) is 3.67. The van der Waals surface area contributed by atoms with Crippen molar-refractivity contribution < 1.29 is 23.9 Å². The molecule has 0 spiro atoms. The Hall–Kier alpha value is -3.93. The summed E-state index contributed by atoms with van der Waals surface area (Å²) in [6, 6.07) is 22.1. The maximum atomic E-state index is 13.3. The molecule has 1 aliphatic rings. The molecule has 6 heteroatoms. The molecule has 0 radical (unpaired) electrons. The van der Waals surface area contributed by atoms with Crippen molar-refractivity contribution in [2.45, 2.75) is 6.10 Å². The summed E-state index contributed by atoms with van der Waals surface area (Å²) in [5.41, 5.74) is 1.23. The number of methoxy groups -OCH3 is 1. The summed E-state index contributed by atoms with van der Waals surface area (Å²) in [6.45, 7) is -0.384. The van der Waals surface area contributed by atoms with Crippen LogP contribution in [0.2, 0.25) is 0 Å². The van der Waals surface area contributed by atoms with Crippen LogP contribution >= 0.6 is 0 Å². The van der Waals surface area contributed by atoms with Crippen LogP contribution in [0.25, 0.3) is 0 Å². The fraction of sp³-hybridized carbons (Fsp3) is 0.125. The Morgan fingerprint density at radius 2 is 1.60 bits per heavy atom. The minimum Gasteiger partial charge on any atom is -0.497 e. The maximum Gasteiger partial charge on any atom is 0.275 e. The molecule has 0 N–H and O–H groups in total. The number of carbonyl (C=O) groups is 3. The average molecular weight is 401 g/mol. The van der Waals surface area contributed by atoms with Crippen molar-refractivity contribution in [3.8, 4) is 11.5 Å². The number of fused-ring (bicyclic) bond motifs is 1. The number of rotatable bonds is 5. The molecule has 0 saturated carbocycles. The predicted octanol–water partition coefficient (Wildman–Crippen LogP) is 3.68. The highest BCUT2D eigenvalue weighted by atomic mass is 16.5. The van der Waals surface area contributed by atoms with Crippen molar-refractivity contribution in [3.05, 3.63) is 95.6 Å². The van der Waals surface area contributed by atoms with Gasteiger partial charge in [0.2, 0.25) is 6.10 Å². The van der Waals surface area contributed by atoms with E-state index in [1.807, 2.05) is 6.07 Å². The van der Waals surface area contributed by atoms with Gasteiger partial charge in [-0.05, 0) is 36.4 Å². The van der Waals surface area contributed by atoms with E-state index in [4.69, 9.17) is 9.47 Å². The molecule has 0 aliphatic carbocycles. The summed E-state index contributed by atoms with van der Waals surface area (Å²) in [4.78, 5) is 40.3. The number of hydrogen-bond acceptors (Lipinski definition) is 5.